The molecule has 0 aromatic heterocycles. The second-order valence-electron chi connectivity index (χ2n) is 5.14. The Hall–Kier alpha value is -1.71. The number of carbonyl (C=O) groups excluding carboxylic acids is 1. The molecule has 1 aromatic carbocycles. The molecule has 98 valence electrons. The number of ether oxygens (including phenoxy) is 2. The van der Waals surface area contributed by atoms with E-state index in [4.69, 9.17) is 9.47 Å². The summed E-state index contributed by atoms with van der Waals surface area (Å²) in [5.74, 6) is 0.845. The van der Waals surface area contributed by atoms with E-state index in [9.17, 15) is 4.79 Å². The number of cyclic esters (lactones) is 1. The van der Waals surface area contributed by atoms with Crippen LogP contribution in [0.3, 0.4) is 0 Å². The Bertz CT molecular complexity index is 425. The highest BCUT2D eigenvalue weighted by Crippen LogP contribution is 2.36. The van der Waals surface area contributed by atoms with Crippen molar-refractivity contribution < 1.29 is 14.3 Å². The van der Waals surface area contributed by atoms with Crippen LogP contribution in [0.2, 0.25) is 0 Å². The van der Waals surface area contributed by atoms with Crippen LogP contribution in [0, 0.1) is 5.41 Å². The predicted octanol–water partition coefficient (Wildman–Crippen LogP) is 2.89. The Balaban J connectivity index is 2.20. The molecule has 1 aliphatic rings. The van der Waals surface area contributed by atoms with Gasteiger partial charge >= 0.3 is 6.09 Å². The quantitative estimate of drug-likeness (QED) is 0.896. The maximum atomic E-state index is 11.3. The first-order valence-corrected chi connectivity index (χ1v) is 6.19. The van der Waals surface area contributed by atoms with E-state index in [0.29, 0.717) is 13.2 Å². The molecule has 1 aromatic rings. The summed E-state index contributed by atoms with van der Waals surface area (Å²) < 4.78 is 10.4. The Morgan fingerprint density at radius 3 is 2.67 bits per heavy atom. The molecule has 0 aliphatic carbocycles. The van der Waals surface area contributed by atoms with Gasteiger partial charge in [-0.2, -0.15) is 0 Å². The molecule has 0 bridgehead atoms. The summed E-state index contributed by atoms with van der Waals surface area (Å²) in [6.45, 7) is 7.19. The normalized spacial score (nSPS) is 21.9. The van der Waals surface area contributed by atoms with Crippen LogP contribution in [-0.2, 0) is 4.74 Å². The lowest BCUT2D eigenvalue weighted by Crippen LogP contribution is -2.46. The van der Waals surface area contributed by atoms with E-state index in [0.717, 1.165) is 11.3 Å². The number of rotatable bonds is 3. The van der Waals surface area contributed by atoms with E-state index in [1.807, 2.05) is 31.2 Å². The van der Waals surface area contributed by atoms with E-state index in [-0.39, 0.29) is 17.6 Å². The van der Waals surface area contributed by atoms with Gasteiger partial charge in [-0.1, -0.05) is 26.0 Å². The zero-order valence-electron chi connectivity index (χ0n) is 11.0. The fourth-order valence-corrected chi connectivity index (χ4v) is 2.15. The highest BCUT2D eigenvalue weighted by molar-refractivity contribution is 5.69. The van der Waals surface area contributed by atoms with Gasteiger partial charge in [-0.3, -0.25) is 0 Å². The minimum absolute atomic E-state index is 0.0329. The van der Waals surface area contributed by atoms with E-state index >= 15 is 0 Å². The standard InChI is InChI=1S/C14H19NO3/c1-4-17-11-7-5-10(6-8-11)12-14(2,3)9-18-13(16)15-12/h5-8,12H,4,9H2,1-3H3,(H,15,16)/t12-/m0/s1. The molecular formula is C14H19NO3. The van der Waals surface area contributed by atoms with Crippen LogP contribution in [0.4, 0.5) is 4.79 Å². The predicted molar refractivity (Wildman–Crippen MR) is 68.6 cm³/mol. The molecular weight excluding hydrogens is 230 g/mol. The first kappa shape index (κ1) is 12.7. The Kier molecular flexibility index (Phi) is 3.45. The summed E-state index contributed by atoms with van der Waals surface area (Å²) in [6.07, 6.45) is -0.354. The molecule has 0 spiro atoms. The van der Waals surface area contributed by atoms with Crippen molar-refractivity contribution in [3.8, 4) is 5.75 Å². The highest BCUT2D eigenvalue weighted by atomic mass is 16.6. The van der Waals surface area contributed by atoms with Crippen LogP contribution in [0.25, 0.3) is 0 Å². The van der Waals surface area contributed by atoms with Crippen LogP contribution in [0.15, 0.2) is 24.3 Å². The maximum absolute atomic E-state index is 11.3. The van der Waals surface area contributed by atoms with Gasteiger partial charge in [-0.15, -0.1) is 0 Å². The lowest BCUT2D eigenvalue weighted by Gasteiger charge is -2.38. The summed E-state index contributed by atoms with van der Waals surface area (Å²) >= 11 is 0. The third-order valence-corrected chi connectivity index (χ3v) is 3.14. The molecule has 1 fully saturated rings. The van der Waals surface area contributed by atoms with Crippen LogP contribution >= 0.6 is 0 Å². The molecule has 1 heterocycles. The van der Waals surface area contributed by atoms with E-state index < -0.39 is 0 Å². The van der Waals surface area contributed by atoms with Gasteiger partial charge in [-0.25, -0.2) is 4.79 Å². The minimum Gasteiger partial charge on any atom is -0.494 e. The molecule has 1 saturated heterocycles. The summed E-state index contributed by atoms with van der Waals surface area (Å²) in [5.41, 5.74) is 0.946. The number of hydrogen-bond acceptors (Lipinski definition) is 3. The number of hydrogen-bond donors (Lipinski definition) is 1. The van der Waals surface area contributed by atoms with Crippen molar-refractivity contribution in [3.63, 3.8) is 0 Å². The molecule has 1 N–H and O–H groups in total. The average molecular weight is 249 g/mol. The second-order valence-corrected chi connectivity index (χ2v) is 5.14. The summed E-state index contributed by atoms with van der Waals surface area (Å²) in [5, 5.41) is 2.87. The molecule has 0 saturated carbocycles. The third kappa shape index (κ3) is 2.58. The van der Waals surface area contributed by atoms with Crippen LogP contribution < -0.4 is 10.1 Å². The van der Waals surface area contributed by atoms with Crippen molar-refractivity contribution in [1.29, 1.82) is 0 Å². The fourth-order valence-electron chi connectivity index (χ4n) is 2.15. The molecule has 4 nitrogen and oxygen atoms in total. The Morgan fingerprint density at radius 1 is 1.39 bits per heavy atom. The van der Waals surface area contributed by atoms with Gasteiger partial charge in [0.2, 0.25) is 0 Å². The lowest BCUT2D eigenvalue weighted by atomic mass is 9.80. The first-order chi connectivity index (χ1) is 8.53. The lowest BCUT2D eigenvalue weighted by molar-refractivity contribution is 0.0387. The molecule has 1 aliphatic heterocycles. The van der Waals surface area contributed by atoms with Crippen molar-refractivity contribution in [2.45, 2.75) is 26.8 Å². The van der Waals surface area contributed by atoms with Crippen molar-refractivity contribution >= 4 is 6.09 Å². The molecule has 1 amide bonds. The van der Waals surface area contributed by atoms with Gasteiger partial charge in [0, 0.05) is 5.41 Å². The zero-order valence-corrected chi connectivity index (χ0v) is 11.0. The van der Waals surface area contributed by atoms with E-state index in [2.05, 4.69) is 19.2 Å². The van der Waals surface area contributed by atoms with Gasteiger partial charge in [0.25, 0.3) is 0 Å². The number of nitrogens with one attached hydrogen (secondary N) is 1. The average Bonchev–Trinajstić information content (AvgIpc) is 2.34. The molecule has 0 radical (unpaired) electrons. The van der Waals surface area contributed by atoms with Crippen LogP contribution in [-0.4, -0.2) is 19.3 Å². The fraction of sp³-hybridized carbons (Fsp3) is 0.500. The van der Waals surface area contributed by atoms with Crippen molar-refractivity contribution in [3.05, 3.63) is 29.8 Å². The monoisotopic (exact) mass is 249 g/mol. The molecule has 1 atom stereocenters. The topological polar surface area (TPSA) is 47.6 Å². The largest absolute Gasteiger partial charge is 0.494 e. The van der Waals surface area contributed by atoms with Crippen molar-refractivity contribution in [1.82, 2.24) is 5.32 Å². The zero-order chi connectivity index (χ0) is 13.2. The molecule has 18 heavy (non-hydrogen) atoms. The second kappa shape index (κ2) is 4.88. The summed E-state index contributed by atoms with van der Waals surface area (Å²) in [7, 11) is 0. The van der Waals surface area contributed by atoms with E-state index in [1.165, 1.54) is 0 Å². The summed E-state index contributed by atoms with van der Waals surface area (Å²) in [6, 6.07) is 7.80. The van der Waals surface area contributed by atoms with Crippen molar-refractivity contribution in [2.75, 3.05) is 13.2 Å². The SMILES string of the molecule is CCOc1ccc([C@@H]2NC(=O)OCC2(C)C)cc1. The molecule has 2 rings (SSSR count). The van der Waals surface area contributed by atoms with Gasteiger partial charge in [-0.05, 0) is 24.6 Å². The highest BCUT2D eigenvalue weighted by Gasteiger charge is 2.37. The number of carbonyl (C=O) groups is 1. The van der Waals surface area contributed by atoms with Crippen LogP contribution in [0.5, 0.6) is 5.75 Å². The Labute approximate surface area is 107 Å². The van der Waals surface area contributed by atoms with Gasteiger partial charge in [0.05, 0.1) is 12.6 Å². The molecule has 0 unspecified atom stereocenters. The number of amides is 1. The first-order valence-electron chi connectivity index (χ1n) is 6.19. The maximum Gasteiger partial charge on any atom is 0.407 e. The minimum atomic E-state index is -0.354. The molecule has 4 heteroatoms. The van der Waals surface area contributed by atoms with Gasteiger partial charge < -0.3 is 14.8 Å². The van der Waals surface area contributed by atoms with Gasteiger partial charge in [0.1, 0.15) is 12.4 Å². The van der Waals surface area contributed by atoms with E-state index in [1.54, 1.807) is 0 Å². The Morgan fingerprint density at radius 2 is 2.06 bits per heavy atom. The number of benzene rings is 1. The summed E-state index contributed by atoms with van der Waals surface area (Å²) in [4.78, 5) is 11.3. The number of alkyl carbamates (subject to hydrolysis) is 1. The van der Waals surface area contributed by atoms with Crippen LogP contribution in [0.1, 0.15) is 32.4 Å². The van der Waals surface area contributed by atoms with Crippen molar-refractivity contribution in [2.24, 2.45) is 5.41 Å². The third-order valence-electron chi connectivity index (χ3n) is 3.14. The van der Waals surface area contributed by atoms with Gasteiger partial charge in [0.15, 0.2) is 0 Å². The smallest absolute Gasteiger partial charge is 0.407 e.